The first-order valence-electron chi connectivity index (χ1n) is 8.16. The van der Waals surface area contributed by atoms with Crippen LogP contribution >= 0.6 is 22.7 Å². The Balaban J connectivity index is 1.45. The molecule has 2 N–H and O–H groups in total. The van der Waals surface area contributed by atoms with Crippen LogP contribution in [-0.2, 0) is 11.3 Å². The van der Waals surface area contributed by atoms with Gasteiger partial charge in [0.2, 0.25) is 5.91 Å². The van der Waals surface area contributed by atoms with Crippen LogP contribution in [-0.4, -0.2) is 45.8 Å². The standard InChI is InChI=1S/C16H21N5O2S2/c1-10-14(25-9-17-10)15(23)19-12-3-5-21(6-4-12)7-13-8-24-16(20-13)18-11(2)22/h8-9,12H,3-7H2,1-2H3,(H,19,23)(H,18,20,22). The molecule has 1 saturated heterocycles. The van der Waals surface area contributed by atoms with Crippen LogP contribution < -0.4 is 10.6 Å². The number of hydrogen-bond acceptors (Lipinski definition) is 7. The van der Waals surface area contributed by atoms with E-state index in [1.54, 1.807) is 5.51 Å². The van der Waals surface area contributed by atoms with E-state index in [4.69, 9.17) is 0 Å². The largest absolute Gasteiger partial charge is 0.348 e. The van der Waals surface area contributed by atoms with Crippen LogP contribution in [0.3, 0.4) is 0 Å². The van der Waals surface area contributed by atoms with Crippen LogP contribution in [0.4, 0.5) is 5.13 Å². The van der Waals surface area contributed by atoms with Crippen LogP contribution in [0.5, 0.6) is 0 Å². The van der Waals surface area contributed by atoms with Crippen molar-refractivity contribution in [1.82, 2.24) is 20.2 Å². The van der Waals surface area contributed by atoms with Crippen molar-refractivity contribution < 1.29 is 9.59 Å². The van der Waals surface area contributed by atoms with Gasteiger partial charge in [0.1, 0.15) is 4.88 Å². The lowest BCUT2D eigenvalue weighted by atomic mass is 10.0. The number of rotatable bonds is 5. The highest BCUT2D eigenvalue weighted by Crippen LogP contribution is 2.19. The second kappa shape index (κ2) is 8.03. The van der Waals surface area contributed by atoms with Gasteiger partial charge >= 0.3 is 0 Å². The topological polar surface area (TPSA) is 87.2 Å². The number of likely N-dealkylation sites (tertiary alicyclic amines) is 1. The molecule has 3 rings (SSSR count). The Bertz CT molecular complexity index is 749. The number of thiazole rings is 2. The molecule has 0 unspecified atom stereocenters. The van der Waals surface area contributed by atoms with E-state index in [0.29, 0.717) is 10.0 Å². The van der Waals surface area contributed by atoms with Crippen LogP contribution in [0, 0.1) is 6.92 Å². The molecular formula is C16H21N5O2S2. The molecule has 0 saturated carbocycles. The van der Waals surface area contributed by atoms with E-state index >= 15 is 0 Å². The Kier molecular flexibility index (Phi) is 5.77. The number of carbonyl (C=O) groups excluding carboxylic acids is 2. The summed E-state index contributed by atoms with van der Waals surface area (Å²) in [5.74, 6) is -0.119. The maximum Gasteiger partial charge on any atom is 0.263 e. The number of aryl methyl sites for hydroxylation is 1. The molecule has 1 fully saturated rings. The summed E-state index contributed by atoms with van der Waals surface area (Å²) in [4.78, 5) is 34.9. The molecule has 2 aromatic heterocycles. The molecule has 0 radical (unpaired) electrons. The SMILES string of the molecule is CC(=O)Nc1nc(CN2CCC(NC(=O)c3scnc3C)CC2)cs1. The summed E-state index contributed by atoms with van der Waals surface area (Å²) in [6.45, 7) is 5.94. The summed E-state index contributed by atoms with van der Waals surface area (Å²) in [5.41, 5.74) is 3.46. The van der Waals surface area contributed by atoms with Gasteiger partial charge in [-0.1, -0.05) is 0 Å². The fourth-order valence-electron chi connectivity index (χ4n) is 2.82. The number of nitrogens with one attached hydrogen (secondary N) is 2. The Labute approximate surface area is 154 Å². The Morgan fingerprint density at radius 3 is 2.72 bits per heavy atom. The summed E-state index contributed by atoms with van der Waals surface area (Å²) >= 11 is 2.83. The van der Waals surface area contributed by atoms with E-state index in [2.05, 4.69) is 25.5 Å². The van der Waals surface area contributed by atoms with Crippen molar-refractivity contribution >= 4 is 39.6 Å². The van der Waals surface area contributed by atoms with Crippen molar-refractivity contribution in [2.75, 3.05) is 18.4 Å². The Morgan fingerprint density at radius 2 is 2.08 bits per heavy atom. The van der Waals surface area contributed by atoms with Crippen molar-refractivity contribution in [3.8, 4) is 0 Å². The molecule has 0 aromatic carbocycles. The number of amides is 2. The van der Waals surface area contributed by atoms with Crippen LogP contribution in [0.1, 0.15) is 40.8 Å². The van der Waals surface area contributed by atoms with Crippen molar-refractivity contribution in [3.05, 3.63) is 27.2 Å². The molecule has 3 heterocycles. The Morgan fingerprint density at radius 1 is 1.32 bits per heavy atom. The molecular weight excluding hydrogens is 358 g/mol. The molecule has 9 heteroatoms. The normalized spacial score (nSPS) is 15.9. The van der Waals surface area contributed by atoms with Crippen LogP contribution in [0.25, 0.3) is 0 Å². The maximum atomic E-state index is 12.3. The van der Waals surface area contributed by atoms with Crippen molar-refractivity contribution in [2.24, 2.45) is 0 Å². The summed E-state index contributed by atoms with van der Waals surface area (Å²) < 4.78 is 0. The Hall–Kier alpha value is -1.84. The maximum absolute atomic E-state index is 12.3. The fourth-order valence-corrected chi connectivity index (χ4v) is 4.28. The molecule has 0 atom stereocenters. The molecule has 7 nitrogen and oxygen atoms in total. The average molecular weight is 380 g/mol. The monoisotopic (exact) mass is 379 g/mol. The van der Waals surface area contributed by atoms with Crippen LogP contribution in [0.2, 0.25) is 0 Å². The minimum Gasteiger partial charge on any atom is -0.348 e. The molecule has 2 amide bonds. The second-order valence-corrected chi connectivity index (χ2v) is 7.83. The highest BCUT2D eigenvalue weighted by molar-refractivity contribution is 7.14. The van der Waals surface area contributed by atoms with Gasteiger partial charge in [0, 0.05) is 38.0 Å². The smallest absolute Gasteiger partial charge is 0.263 e. The van der Waals surface area contributed by atoms with Gasteiger partial charge in [0.25, 0.3) is 5.91 Å². The first-order chi connectivity index (χ1) is 12.0. The lowest BCUT2D eigenvalue weighted by Gasteiger charge is -2.31. The summed E-state index contributed by atoms with van der Waals surface area (Å²) in [7, 11) is 0. The zero-order valence-electron chi connectivity index (χ0n) is 14.2. The molecule has 0 spiro atoms. The van der Waals surface area contributed by atoms with Crippen molar-refractivity contribution in [2.45, 2.75) is 39.3 Å². The third kappa shape index (κ3) is 4.83. The summed E-state index contributed by atoms with van der Waals surface area (Å²) in [6, 6.07) is 0.204. The van der Waals surface area contributed by atoms with E-state index < -0.39 is 0 Å². The van der Waals surface area contributed by atoms with Gasteiger partial charge < -0.3 is 10.6 Å². The van der Waals surface area contributed by atoms with Crippen molar-refractivity contribution in [3.63, 3.8) is 0 Å². The van der Waals surface area contributed by atoms with E-state index in [-0.39, 0.29) is 17.9 Å². The highest BCUT2D eigenvalue weighted by atomic mass is 32.1. The third-order valence-electron chi connectivity index (χ3n) is 4.09. The van der Waals surface area contributed by atoms with Crippen molar-refractivity contribution in [1.29, 1.82) is 0 Å². The number of piperidine rings is 1. The quantitative estimate of drug-likeness (QED) is 0.832. The fraction of sp³-hybridized carbons (Fsp3) is 0.500. The predicted octanol–water partition coefficient (Wildman–Crippen LogP) is 2.26. The molecule has 0 bridgehead atoms. The van der Waals surface area contributed by atoms with Crippen LogP contribution in [0.15, 0.2) is 10.9 Å². The van der Waals surface area contributed by atoms with Gasteiger partial charge in [-0.3, -0.25) is 14.5 Å². The zero-order chi connectivity index (χ0) is 17.8. The van der Waals surface area contributed by atoms with Gasteiger partial charge in [0.05, 0.1) is 16.9 Å². The number of nitrogens with zero attached hydrogens (tertiary/aromatic N) is 3. The lowest BCUT2D eigenvalue weighted by molar-refractivity contribution is -0.114. The molecule has 1 aliphatic heterocycles. The van der Waals surface area contributed by atoms with Gasteiger partial charge in [-0.2, -0.15) is 0 Å². The minimum absolute atomic E-state index is 0.0158. The van der Waals surface area contributed by atoms with Gasteiger partial charge in [-0.05, 0) is 19.8 Å². The van der Waals surface area contributed by atoms with E-state index in [9.17, 15) is 9.59 Å². The van der Waals surface area contributed by atoms with E-state index in [0.717, 1.165) is 43.9 Å². The number of anilines is 1. The van der Waals surface area contributed by atoms with E-state index in [1.165, 1.54) is 29.6 Å². The van der Waals surface area contributed by atoms with Gasteiger partial charge in [-0.15, -0.1) is 22.7 Å². The first-order valence-corrected chi connectivity index (χ1v) is 9.92. The first kappa shape index (κ1) is 18.0. The zero-order valence-corrected chi connectivity index (χ0v) is 15.9. The average Bonchev–Trinajstić information content (AvgIpc) is 3.17. The molecule has 134 valence electrons. The highest BCUT2D eigenvalue weighted by Gasteiger charge is 2.23. The summed E-state index contributed by atoms with van der Waals surface area (Å²) in [6.07, 6.45) is 1.85. The third-order valence-corrected chi connectivity index (χ3v) is 5.83. The van der Waals surface area contributed by atoms with Gasteiger partial charge in [0.15, 0.2) is 5.13 Å². The number of hydrogen-bond donors (Lipinski definition) is 2. The minimum atomic E-state index is -0.103. The molecule has 2 aromatic rings. The number of aromatic nitrogens is 2. The van der Waals surface area contributed by atoms with Gasteiger partial charge in [-0.25, -0.2) is 9.97 Å². The molecule has 25 heavy (non-hydrogen) atoms. The lowest BCUT2D eigenvalue weighted by Crippen LogP contribution is -2.44. The number of carbonyl (C=O) groups is 2. The van der Waals surface area contributed by atoms with E-state index in [1.807, 2.05) is 12.3 Å². The summed E-state index contributed by atoms with van der Waals surface area (Å²) in [5, 5.41) is 8.44. The predicted molar refractivity (Wildman–Crippen MR) is 99.0 cm³/mol. The second-order valence-electron chi connectivity index (χ2n) is 6.12. The molecule has 0 aliphatic carbocycles. The molecule has 1 aliphatic rings.